The summed E-state index contributed by atoms with van der Waals surface area (Å²) in [6.45, 7) is 5.18. The van der Waals surface area contributed by atoms with Crippen molar-refractivity contribution in [3.05, 3.63) is 37.0 Å². The molecule has 0 rings (SSSR count). The summed E-state index contributed by atoms with van der Waals surface area (Å²) in [6.07, 6.45) is 12.2. The Kier molecular flexibility index (Phi) is 7.25. The van der Waals surface area contributed by atoms with Crippen LogP contribution in [0.5, 0.6) is 0 Å². The Morgan fingerprint density at radius 3 is 2.67 bits per heavy atom. The standard InChI is InChI=1S/C11H16O/c1-3-4-5-6-7-8-9-10-11(2)12/h3-7H,1,8-10H2,2H3. The Hall–Kier alpha value is -1.11. The third-order valence-electron chi connectivity index (χ3n) is 1.39. The summed E-state index contributed by atoms with van der Waals surface area (Å²) in [5.74, 6) is 0.269. The molecule has 0 saturated carbocycles. The Morgan fingerprint density at radius 1 is 1.33 bits per heavy atom. The van der Waals surface area contributed by atoms with Gasteiger partial charge < -0.3 is 4.79 Å². The van der Waals surface area contributed by atoms with Crippen molar-refractivity contribution in [3.8, 4) is 0 Å². The molecule has 0 aromatic heterocycles. The predicted octanol–water partition coefficient (Wildman–Crippen LogP) is 3.04. The van der Waals surface area contributed by atoms with Gasteiger partial charge in [-0.3, -0.25) is 0 Å². The van der Waals surface area contributed by atoms with Gasteiger partial charge in [-0.2, -0.15) is 0 Å². The highest BCUT2D eigenvalue weighted by atomic mass is 16.1. The smallest absolute Gasteiger partial charge is 0.129 e. The van der Waals surface area contributed by atoms with Gasteiger partial charge in [-0.15, -0.1) is 0 Å². The summed E-state index contributed by atoms with van der Waals surface area (Å²) in [4.78, 5) is 10.5. The predicted molar refractivity (Wildman–Crippen MR) is 53.0 cm³/mol. The number of rotatable bonds is 6. The highest BCUT2D eigenvalue weighted by molar-refractivity contribution is 5.75. The van der Waals surface area contributed by atoms with Crippen molar-refractivity contribution in [1.29, 1.82) is 0 Å². The first kappa shape index (κ1) is 10.9. The van der Waals surface area contributed by atoms with Crippen molar-refractivity contribution in [2.75, 3.05) is 0 Å². The molecule has 0 N–H and O–H groups in total. The van der Waals surface area contributed by atoms with Gasteiger partial charge in [-0.05, 0) is 19.8 Å². The van der Waals surface area contributed by atoms with E-state index in [2.05, 4.69) is 12.7 Å². The molecule has 0 aromatic carbocycles. The van der Waals surface area contributed by atoms with E-state index in [-0.39, 0.29) is 5.78 Å². The van der Waals surface area contributed by atoms with Crippen molar-refractivity contribution in [2.24, 2.45) is 0 Å². The van der Waals surface area contributed by atoms with Gasteiger partial charge in [0.1, 0.15) is 5.78 Å². The number of carbonyl (C=O) groups is 1. The van der Waals surface area contributed by atoms with Gasteiger partial charge in [-0.25, -0.2) is 0 Å². The number of ketones is 1. The van der Waals surface area contributed by atoms with Crippen molar-refractivity contribution in [1.82, 2.24) is 0 Å². The van der Waals surface area contributed by atoms with Crippen LogP contribution in [-0.2, 0) is 4.79 Å². The Labute approximate surface area is 74.5 Å². The zero-order chi connectivity index (χ0) is 9.23. The third kappa shape index (κ3) is 8.89. The van der Waals surface area contributed by atoms with Gasteiger partial charge in [0.2, 0.25) is 0 Å². The van der Waals surface area contributed by atoms with Crippen molar-refractivity contribution >= 4 is 5.78 Å². The van der Waals surface area contributed by atoms with E-state index in [4.69, 9.17) is 0 Å². The van der Waals surface area contributed by atoms with Crippen molar-refractivity contribution in [2.45, 2.75) is 26.2 Å². The van der Waals surface area contributed by atoms with Crippen LogP contribution in [0.3, 0.4) is 0 Å². The Balaban J connectivity index is 3.30. The zero-order valence-corrected chi connectivity index (χ0v) is 7.62. The van der Waals surface area contributed by atoms with E-state index in [9.17, 15) is 4.79 Å². The lowest BCUT2D eigenvalue weighted by atomic mass is 10.2. The fourth-order valence-electron chi connectivity index (χ4n) is 0.786. The minimum Gasteiger partial charge on any atom is -0.300 e. The van der Waals surface area contributed by atoms with Crippen LogP contribution in [0.2, 0.25) is 0 Å². The largest absolute Gasteiger partial charge is 0.300 e. The van der Waals surface area contributed by atoms with Crippen LogP contribution in [0.25, 0.3) is 0 Å². The molecule has 0 aliphatic rings. The molecule has 12 heavy (non-hydrogen) atoms. The monoisotopic (exact) mass is 164 g/mol. The second kappa shape index (κ2) is 7.99. The van der Waals surface area contributed by atoms with E-state index >= 15 is 0 Å². The first-order chi connectivity index (χ1) is 5.77. The number of hydrogen-bond acceptors (Lipinski definition) is 1. The number of carbonyl (C=O) groups excluding carboxylic acids is 1. The number of allylic oxidation sites excluding steroid dienone is 5. The van der Waals surface area contributed by atoms with Crippen LogP contribution in [0.15, 0.2) is 37.0 Å². The highest BCUT2D eigenvalue weighted by Gasteiger charge is 1.89. The summed E-state index contributed by atoms with van der Waals surface area (Å²) in [6, 6.07) is 0. The molecule has 0 fully saturated rings. The molecule has 66 valence electrons. The maximum absolute atomic E-state index is 10.5. The average Bonchev–Trinajstić information content (AvgIpc) is 2.02. The van der Waals surface area contributed by atoms with E-state index in [1.54, 1.807) is 13.0 Å². The molecule has 0 spiro atoms. The fourth-order valence-corrected chi connectivity index (χ4v) is 0.786. The Morgan fingerprint density at radius 2 is 2.08 bits per heavy atom. The maximum atomic E-state index is 10.5. The molecule has 0 aromatic rings. The van der Waals surface area contributed by atoms with Crippen molar-refractivity contribution < 1.29 is 4.79 Å². The lowest BCUT2D eigenvalue weighted by Gasteiger charge is -1.89. The van der Waals surface area contributed by atoms with Crippen LogP contribution in [0, 0.1) is 0 Å². The second-order valence-electron chi connectivity index (χ2n) is 2.64. The molecule has 0 aliphatic heterocycles. The normalized spacial score (nSPS) is 11.1. The van der Waals surface area contributed by atoms with Gasteiger partial charge in [0.15, 0.2) is 0 Å². The molecule has 0 aliphatic carbocycles. The molecule has 0 bridgehead atoms. The minimum absolute atomic E-state index is 0.269. The van der Waals surface area contributed by atoms with Gasteiger partial charge >= 0.3 is 0 Å². The van der Waals surface area contributed by atoms with Crippen LogP contribution in [-0.4, -0.2) is 5.78 Å². The fraction of sp³-hybridized carbons (Fsp3) is 0.364. The SMILES string of the molecule is C=CC=CC=CCCCC(C)=O. The van der Waals surface area contributed by atoms with Crippen LogP contribution in [0.4, 0.5) is 0 Å². The van der Waals surface area contributed by atoms with E-state index in [1.165, 1.54) is 0 Å². The van der Waals surface area contributed by atoms with E-state index in [1.807, 2.05) is 18.2 Å². The quantitative estimate of drug-likeness (QED) is 0.435. The summed E-state index contributed by atoms with van der Waals surface area (Å²) in [5, 5.41) is 0. The minimum atomic E-state index is 0.269. The first-order valence-electron chi connectivity index (χ1n) is 4.21. The van der Waals surface area contributed by atoms with Gasteiger partial charge in [0.05, 0.1) is 0 Å². The molecule has 0 radical (unpaired) electrons. The summed E-state index contributed by atoms with van der Waals surface area (Å²) >= 11 is 0. The second-order valence-corrected chi connectivity index (χ2v) is 2.64. The molecule has 1 heteroatoms. The van der Waals surface area contributed by atoms with Gasteiger partial charge in [-0.1, -0.05) is 37.0 Å². The number of Topliss-reactive ketones (excluding diaryl/α,β-unsaturated/α-hetero) is 1. The topological polar surface area (TPSA) is 17.1 Å². The van der Waals surface area contributed by atoms with Crippen molar-refractivity contribution in [3.63, 3.8) is 0 Å². The Bertz CT molecular complexity index is 187. The molecule has 0 unspecified atom stereocenters. The highest BCUT2D eigenvalue weighted by Crippen LogP contribution is 1.97. The van der Waals surface area contributed by atoms with Crippen LogP contribution < -0.4 is 0 Å². The summed E-state index contributed by atoms with van der Waals surface area (Å²) in [5.41, 5.74) is 0. The number of hydrogen-bond donors (Lipinski definition) is 0. The lowest BCUT2D eigenvalue weighted by molar-refractivity contribution is -0.117. The molecular weight excluding hydrogens is 148 g/mol. The molecule has 0 atom stereocenters. The molecular formula is C11H16O. The third-order valence-corrected chi connectivity index (χ3v) is 1.39. The summed E-state index contributed by atoms with van der Waals surface area (Å²) < 4.78 is 0. The number of unbranched alkanes of at least 4 members (excludes halogenated alkanes) is 1. The lowest BCUT2D eigenvalue weighted by Crippen LogP contribution is -1.87. The molecule has 0 saturated heterocycles. The van der Waals surface area contributed by atoms with Gasteiger partial charge in [0, 0.05) is 6.42 Å². The molecule has 1 nitrogen and oxygen atoms in total. The molecule has 0 amide bonds. The van der Waals surface area contributed by atoms with Crippen LogP contribution >= 0.6 is 0 Å². The summed E-state index contributed by atoms with van der Waals surface area (Å²) in [7, 11) is 0. The van der Waals surface area contributed by atoms with E-state index < -0.39 is 0 Å². The average molecular weight is 164 g/mol. The molecule has 0 heterocycles. The zero-order valence-electron chi connectivity index (χ0n) is 7.62. The van der Waals surface area contributed by atoms with Crippen LogP contribution in [0.1, 0.15) is 26.2 Å². The van der Waals surface area contributed by atoms with E-state index in [0.29, 0.717) is 6.42 Å². The maximum Gasteiger partial charge on any atom is 0.129 e. The van der Waals surface area contributed by atoms with Gasteiger partial charge in [0.25, 0.3) is 0 Å². The van der Waals surface area contributed by atoms with E-state index in [0.717, 1.165) is 12.8 Å². The first-order valence-corrected chi connectivity index (χ1v) is 4.21.